The molecule has 4 nitrogen and oxygen atoms in total. The molecule has 5 rings (SSSR count). The van der Waals surface area contributed by atoms with Gasteiger partial charge in [0, 0.05) is 24.7 Å². The van der Waals surface area contributed by atoms with Crippen LogP contribution in [0.25, 0.3) is 0 Å². The Hall–Kier alpha value is -3.67. The van der Waals surface area contributed by atoms with Gasteiger partial charge < -0.3 is 10.0 Å². The fourth-order valence-electron chi connectivity index (χ4n) is 5.50. The highest BCUT2D eigenvalue weighted by atomic mass is 35.5. The number of fused-ring (bicyclic) bond motifs is 1. The normalized spacial score (nSPS) is 15.9. The van der Waals surface area contributed by atoms with E-state index in [0.29, 0.717) is 36.6 Å². The van der Waals surface area contributed by atoms with Crippen LogP contribution in [0.15, 0.2) is 97.1 Å². The van der Waals surface area contributed by atoms with Crippen molar-refractivity contribution in [1.29, 1.82) is 0 Å². The predicted octanol–water partition coefficient (Wildman–Crippen LogP) is 6.79. The van der Waals surface area contributed by atoms with Crippen LogP contribution in [-0.4, -0.2) is 39.9 Å². The lowest BCUT2D eigenvalue weighted by molar-refractivity contribution is -0.138. The van der Waals surface area contributed by atoms with E-state index in [1.54, 1.807) is 29.2 Å². The van der Waals surface area contributed by atoms with E-state index in [0.717, 1.165) is 23.1 Å². The van der Waals surface area contributed by atoms with Gasteiger partial charge in [-0.2, -0.15) is 0 Å². The highest BCUT2D eigenvalue weighted by molar-refractivity contribution is 6.31. The van der Waals surface area contributed by atoms with E-state index >= 15 is 0 Å². The van der Waals surface area contributed by atoms with Gasteiger partial charge in [-0.25, -0.2) is 4.39 Å². The minimum atomic E-state index is -0.447. The van der Waals surface area contributed by atoms with Crippen LogP contribution in [0.2, 0.25) is 5.02 Å². The van der Waals surface area contributed by atoms with Crippen LogP contribution >= 0.6 is 11.6 Å². The van der Waals surface area contributed by atoms with Crippen molar-refractivity contribution in [2.75, 3.05) is 13.1 Å². The number of rotatable bonds is 8. The van der Waals surface area contributed by atoms with Gasteiger partial charge in [0.25, 0.3) is 0 Å². The molecule has 0 saturated carbocycles. The molecule has 200 valence electrons. The van der Waals surface area contributed by atoms with E-state index in [1.807, 2.05) is 55.5 Å². The van der Waals surface area contributed by atoms with Gasteiger partial charge in [0.1, 0.15) is 11.6 Å². The third-order valence-corrected chi connectivity index (χ3v) is 7.95. The Morgan fingerprint density at radius 1 is 0.974 bits per heavy atom. The molecule has 1 N–H and O–H groups in total. The van der Waals surface area contributed by atoms with Gasteiger partial charge in [0.2, 0.25) is 5.91 Å². The zero-order chi connectivity index (χ0) is 27.4. The molecule has 0 aliphatic carbocycles. The highest BCUT2D eigenvalue weighted by Gasteiger charge is 2.36. The van der Waals surface area contributed by atoms with Crippen molar-refractivity contribution >= 4 is 17.5 Å². The number of phenols is 1. The molecule has 4 aromatic carbocycles. The Bertz CT molecular complexity index is 1440. The fraction of sp³-hybridized carbons (Fsp3) is 0.242. The van der Waals surface area contributed by atoms with Crippen molar-refractivity contribution in [2.24, 2.45) is 0 Å². The lowest BCUT2D eigenvalue weighted by atomic mass is 9.87. The predicted molar refractivity (Wildman–Crippen MR) is 153 cm³/mol. The second-order valence-corrected chi connectivity index (χ2v) is 10.5. The first-order valence-electron chi connectivity index (χ1n) is 13.3. The minimum Gasteiger partial charge on any atom is -0.508 e. The second-order valence-electron chi connectivity index (χ2n) is 10.1. The monoisotopic (exact) mass is 542 g/mol. The van der Waals surface area contributed by atoms with E-state index in [2.05, 4.69) is 23.1 Å². The van der Waals surface area contributed by atoms with Gasteiger partial charge in [-0.3, -0.25) is 9.69 Å². The molecule has 1 amide bonds. The Balaban J connectivity index is 1.46. The van der Waals surface area contributed by atoms with Crippen LogP contribution in [-0.2, 0) is 24.2 Å². The first kappa shape index (κ1) is 26.9. The van der Waals surface area contributed by atoms with Crippen molar-refractivity contribution < 1.29 is 14.3 Å². The summed E-state index contributed by atoms with van der Waals surface area (Å²) in [5, 5.41) is 10.4. The van der Waals surface area contributed by atoms with Gasteiger partial charge in [0.15, 0.2) is 0 Å². The molecule has 0 fully saturated rings. The van der Waals surface area contributed by atoms with E-state index in [1.165, 1.54) is 11.6 Å². The summed E-state index contributed by atoms with van der Waals surface area (Å²) >= 11 is 6.71. The summed E-state index contributed by atoms with van der Waals surface area (Å²) in [4.78, 5) is 18.2. The quantitative estimate of drug-likeness (QED) is 0.266. The fourth-order valence-corrected chi connectivity index (χ4v) is 5.74. The van der Waals surface area contributed by atoms with Gasteiger partial charge in [-0.05, 0) is 71.8 Å². The van der Waals surface area contributed by atoms with Crippen molar-refractivity contribution in [3.05, 3.63) is 136 Å². The Morgan fingerprint density at radius 3 is 2.38 bits per heavy atom. The lowest BCUT2D eigenvalue weighted by Gasteiger charge is -2.42. The number of carbonyl (C=O) groups excluding carboxylic acids is 1. The topological polar surface area (TPSA) is 43.8 Å². The summed E-state index contributed by atoms with van der Waals surface area (Å²) in [7, 11) is 0. The molecule has 0 saturated heterocycles. The molecule has 0 unspecified atom stereocenters. The third-order valence-electron chi connectivity index (χ3n) is 7.61. The highest BCUT2D eigenvalue weighted by Crippen LogP contribution is 2.39. The number of phenolic OH excluding ortho intramolecular Hbond substituents is 1. The molecule has 2 atom stereocenters. The number of hydrogen-bond donors (Lipinski definition) is 1. The molecule has 0 bridgehead atoms. The Labute approximate surface area is 234 Å². The molecule has 0 radical (unpaired) electrons. The van der Waals surface area contributed by atoms with Crippen LogP contribution < -0.4 is 0 Å². The maximum atomic E-state index is 14.4. The van der Waals surface area contributed by atoms with E-state index in [4.69, 9.17) is 11.6 Å². The van der Waals surface area contributed by atoms with Crippen LogP contribution in [0.3, 0.4) is 0 Å². The third kappa shape index (κ3) is 6.00. The van der Waals surface area contributed by atoms with Crippen molar-refractivity contribution in [1.82, 2.24) is 9.80 Å². The number of halogens is 2. The molecule has 39 heavy (non-hydrogen) atoms. The van der Waals surface area contributed by atoms with Gasteiger partial charge in [0.05, 0.1) is 12.1 Å². The molecule has 1 aliphatic heterocycles. The van der Waals surface area contributed by atoms with Crippen molar-refractivity contribution in [3.63, 3.8) is 0 Å². The number of carbonyl (C=O) groups is 1. The maximum absolute atomic E-state index is 14.4. The molecule has 0 aromatic heterocycles. The van der Waals surface area contributed by atoms with Crippen LogP contribution in [0.4, 0.5) is 4.39 Å². The largest absolute Gasteiger partial charge is 0.508 e. The molecule has 0 spiro atoms. The second kappa shape index (κ2) is 12.0. The van der Waals surface area contributed by atoms with Crippen LogP contribution in [0.1, 0.15) is 40.8 Å². The van der Waals surface area contributed by atoms with E-state index in [-0.39, 0.29) is 23.5 Å². The van der Waals surface area contributed by atoms with Crippen LogP contribution in [0.5, 0.6) is 5.75 Å². The number of hydrogen-bond acceptors (Lipinski definition) is 3. The molecule has 6 heteroatoms. The summed E-state index contributed by atoms with van der Waals surface area (Å²) in [6.07, 6.45) is 1.24. The minimum absolute atomic E-state index is 0.0316. The molecule has 4 aromatic rings. The Morgan fingerprint density at radius 2 is 1.64 bits per heavy atom. The molecule has 1 heterocycles. The summed E-state index contributed by atoms with van der Waals surface area (Å²) in [5.41, 5.74) is 4.87. The first-order valence-corrected chi connectivity index (χ1v) is 13.7. The zero-order valence-corrected chi connectivity index (χ0v) is 22.7. The summed E-state index contributed by atoms with van der Waals surface area (Å²) in [6.45, 7) is 3.39. The Kier molecular flexibility index (Phi) is 8.30. The lowest BCUT2D eigenvalue weighted by Crippen LogP contribution is -2.51. The number of amides is 1. The number of benzene rings is 4. The maximum Gasteiger partial charge on any atom is 0.239 e. The number of nitrogens with zero attached hydrogens (tertiary/aromatic N) is 2. The number of aromatic hydroxyl groups is 1. The first-order chi connectivity index (χ1) is 18.9. The van der Waals surface area contributed by atoms with Crippen molar-refractivity contribution in [3.8, 4) is 5.75 Å². The van der Waals surface area contributed by atoms with E-state index in [9.17, 15) is 14.3 Å². The molecular formula is C33H32ClFN2O2. The summed E-state index contributed by atoms with van der Waals surface area (Å²) in [5.74, 6) is -0.129. The van der Waals surface area contributed by atoms with Crippen LogP contribution in [0, 0.1) is 5.82 Å². The summed E-state index contributed by atoms with van der Waals surface area (Å²) in [6, 6.07) is 29.1. The SMILES string of the molecule is C[C@@H](C(=O)N(CCc1ccccc1F)Cc1ccc(O)cc1)N1CCc2ccccc2[C@@H]1c1ccccc1Cl. The van der Waals surface area contributed by atoms with Crippen molar-refractivity contribution in [2.45, 2.75) is 38.4 Å². The molecular weight excluding hydrogens is 511 g/mol. The zero-order valence-electron chi connectivity index (χ0n) is 21.9. The van der Waals surface area contributed by atoms with Gasteiger partial charge in [-0.15, -0.1) is 0 Å². The van der Waals surface area contributed by atoms with E-state index < -0.39 is 6.04 Å². The standard InChI is InChI=1S/C33H32ClFN2O2/c1-23(37-21-19-25-8-2-4-10-28(25)32(37)29-11-5-6-12-30(29)34)33(39)36(22-24-14-16-27(38)17-15-24)20-18-26-9-3-7-13-31(26)35/h2-17,23,32,38H,18-22H2,1H3/t23-,32+/m0/s1. The summed E-state index contributed by atoms with van der Waals surface area (Å²) < 4.78 is 14.4. The van der Waals surface area contributed by atoms with Gasteiger partial charge >= 0.3 is 0 Å². The van der Waals surface area contributed by atoms with Gasteiger partial charge in [-0.1, -0.05) is 84.4 Å². The molecule has 1 aliphatic rings. The average molecular weight is 543 g/mol. The smallest absolute Gasteiger partial charge is 0.239 e. The average Bonchev–Trinajstić information content (AvgIpc) is 2.96.